The van der Waals surface area contributed by atoms with Gasteiger partial charge in [0.1, 0.15) is 22.8 Å². The highest BCUT2D eigenvalue weighted by Gasteiger charge is 2.54. The highest BCUT2D eigenvalue weighted by Crippen LogP contribution is 2.51. The number of phenols is 1. The third-order valence-corrected chi connectivity index (χ3v) is 6.91. The molecule has 0 aromatic heterocycles. The van der Waals surface area contributed by atoms with Gasteiger partial charge in [-0.2, -0.15) is 0 Å². The average molecular weight is 441 g/mol. The van der Waals surface area contributed by atoms with Gasteiger partial charge >= 0.3 is 0 Å². The Morgan fingerprint density at radius 1 is 1.06 bits per heavy atom. The number of amides is 1. The number of anilines is 1. The van der Waals surface area contributed by atoms with Crippen LogP contribution in [0.4, 0.5) is 5.69 Å². The molecule has 1 amide bonds. The van der Waals surface area contributed by atoms with Crippen molar-refractivity contribution in [1.29, 1.82) is 0 Å². The second-order valence-corrected chi connectivity index (χ2v) is 9.16. The molecule has 0 heterocycles. The van der Waals surface area contributed by atoms with Gasteiger partial charge < -0.3 is 26.0 Å². The number of carbonyl (C=O) groups excluding carboxylic acids is 3. The number of nitrogens with zero attached hydrogens (tertiary/aromatic N) is 2. The van der Waals surface area contributed by atoms with E-state index in [-0.39, 0.29) is 16.9 Å². The van der Waals surface area contributed by atoms with Crippen LogP contribution in [0.1, 0.15) is 22.3 Å². The van der Waals surface area contributed by atoms with Crippen molar-refractivity contribution >= 4 is 23.2 Å². The summed E-state index contributed by atoms with van der Waals surface area (Å²) in [6.45, 7) is 0. The van der Waals surface area contributed by atoms with Gasteiger partial charge in [0.2, 0.25) is 0 Å². The molecule has 1 aromatic carbocycles. The monoisotopic (exact) mass is 441 g/mol. The summed E-state index contributed by atoms with van der Waals surface area (Å²) in [5.74, 6) is -5.51. The molecule has 3 aliphatic rings. The van der Waals surface area contributed by atoms with Gasteiger partial charge in [-0.05, 0) is 56.5 Å². The van der Waals surface area contributed by atoms with E-state index in [4.69, 9.17) is 5.73 Å². The molecule has 9 heteroatoms. The highest BCUT2D eigenvalue weighted by molar-refractivity contribution is 6.22. The molecular formula is C23H27N3O6. The maximum Gasteiger partial charge on any atom is 0.255 e. The third-order valence-electron chi connectivity index (χ3n) is 6.91. The Morgan fingerprint density at radius 2 is 1.72 bits per heavy atom. The predicted octanol–water partition coefficient (Wildman–Crippen LogP) is 1.07. The molecule has 0 aliphatic heterocycles. The Hall–Kier alpha value is -3.33. The maximum atomic E-state index is 13.5. The first kappa shape index (κ1) is 21.9. The van der Waals surface area contributed by atoms with Crippen LogP contribution in [-0.4, -0.2) is 71.9 Å². The summed E-state index contributed by atoms with van der Waals surface area (Å²) in [4.78, 5) is 42.1. The van der Waals surface area contributed by atoms with Crippen molar-refractivity contribution in [2.75, 3.05) is 33.1 Å². The van der Waals surface area contributed by atoms with Crippen molar-refractivity contribution in [2.45, 2.75) is 18.9 Å². The Kier molecular flexibility index (Phi) is 5.04. The third kappa shape index (κ3) is 2.91. The Labute approximate surface area is 185 Å². The summed E-state index contributed by atoms with van der Waals surface area (Å²) in [6, 6.07) is 2.45. The number of ketones is 2. The van der Waals surface area contributed by atoms with E-state index < -0.39 is 58.4 Å². The summed E-state index contributed by atoms with van der Waals surface area (Å²) in [6.07, 6.45) is 0.718. The first-order valence-electron chi connectivity index (χ1n) is 10.4. The Bertz CT molecular complexity index is 1120. The first-order valence-corrected chi connectivity index (χ1v) is 10.4. The van der Waals surface area contributed by atoms with Crippen LogP contribution < -0.4 is 10.6 Å². The zero-order chi connectivity index (χ0) is 23.6. The van der Waals surface area contributed by atoms with Crippen molar-refractivity contribution in [3.05, 3.63) is 45.9 Å². The van der Waals surface area contributed by atoms with Crippen molar-refractivity contribution in [3.63, 3.8) is 0 Å². The molecule has 0 radical (unpaired) electrons. The smallest absolute Gasteiger partial charge is 0.255 e. The number of likely N-dealkylation sites (N-methyl/N-ethyl adjacent to an activating group) is 1. The van der Waals surface area contributed by atoms with Gasteiger partial charge in [0.05, 0.1) is 17.5 Å². The van der Waals surface area contributed by atoms with Crippen molar-refractivity contribution in [1.82, 2.24) is 4.90 Å². The molecule has 170 valence electrons. The molecule has 5 N–H and O–H groups in total. The van der Waals surface area contributed by atoms with Gasteiger partial charge in [0.25, 0.3) is 5.91 Å². The lowest BCUT2D eigenvalue weighted by atomic mass is 9.61. The van der Waals surface area contributed by atoms with E-state index in [9.17, 15) is 29.7 Å². The van der Waals surface area contributed by atoms with E-state index in [0.717, 1.165) is 5.69 Å². The lowest BCUT2D eigenvalue weighted by molar-refractivity contribution is -0.127. The zero-order valence-electron chi connectivity index (χ0n) is 18.4. The number of allylic oxidation sites excluding steroid dienone is 2. The summed E-state index contributed by atoms with van der Waals surface area (Å²) < 4.78 is 0. The first-order chi connectivity index (χ1) is 15.0. The van der Waals surface area contributed by atoms with Gasteiger partial charge in [-0.25, -0.2) is 0 Å². The molecule has 32 heavy (non-hydrogen) atoms. The molecule has 4 atom stereocenters. The maximum absolute atomic E-state index is 13.5. The van der Waals surface area contributed by atoms with Gasteiger partial charge in [0.15, 0.2) is 11.6 Å². The number of aliphatic hydroxyl groups excluding tert-OH is 2. The molecule has 3 aliphatic carbocycles. The van der Waals surface area contributed by atoms with Crippen LogP contribution in [0.3, 0.4) is 0 Å². The van der Waals surface area contributed by atoms with Gasteiger partial charge in [-0.1, -0.05) is 0 Å². The standard InChI is InChI=1S/C23H27N3O6/c1-25(2)12-5-6-13(27)15-10(12)7-9-8-11-16(20(29)14(9)19(15)28)21(30)17(23(24)32)22(31)18(11)26(3)4/h5-6,9,11,16,18,27,29,31H,7-8H2,1-4H3,(H2,24,32)/t9-,11+,16+,18-/m0/s1. The molecule has 0 saturated heterocycles. The van der Waals surface area contributed by atoms with E-state index >= 15 is 0 Å². The van der Waals surface area contributed by atoms with Gasteiger partial charge in [-0.15, -0.1) is 0 Å². The number of primary amides is 1. The van der Waals surface area contributed by atoms with Crippen LogP contribution in [0.5, 0.6) is 5.75 Å². The van der Waals surface area contributed by atoms with Crippen molar-refractivity contribution in [2.24, 2.45) is 23.5 Å². The number of fused-ring (bicyclic) bond motifs is 3. The van der Waals surface area contributed by atoms with E-state index in [1.807, 2.05) is 19.0 Å². The minimum Gasteiger partial charge on any atom is -0.511 e. The normalized spacial score (nSPS) is 27.3. The summed E-state index contributed by atoms with van der Waals surface area (Å²) in [5.41, 5.74) is 6.49. The molecule has 0 bridgehead atoms. The van der Waals surface area contributed by atoms with Crippen LogP contribution in [0, 0.1) is 17.8 Å². The number of rotatable bonds is 3. The minimum absolute atomic E-state index is 0.0843. The lowest BCUT2D eigenvalue weighted by Crippen LogP contribution is -2.53. The van der Waals surface area contributed by atoms with Crippen LogP contribution in [-0.2, 0) is 16.0 Å². The lowest BCUT2D eigenvalue weighted by Gasteiger charge is -2.46. The van der Waals surface area contributed by atoms with Crippen LogP contribution in [0.15, 0.2) is 34.8 Å². The largest absolute Gasteiger partial charge is 0.511 e. The number of phenolic OH excluding ortho intramolecular Hbond substituents is 1. The van der Waals surface area contributed by atoms with E-state index in [2.05, 4.69) is 0 Å². The quantitative estimate of drug-likeness (QED) is 0.510. The second-order valence-electron chi connectivity index (χ2n) is 9.16. The van der Waals surface area contributed by atoms with Crippen LogP contribution in [0.25, 0.3) is 0 Å². The molecule has 0 spiro atoms. The molecule has 0 fully saturated rings. The molecular weight excluding hydrogens is 414 g/mol. The van der Waals surface area contributed by atoms with Crippen molar-refractivity contribution in [3.8, 4) is 5.75 Å². The molecule has 0 saturated carbocycles. The fraction of sp³-hybridized carbons (Fsp3) is 0.435. The molecule has 1 aromatic rings. The van der Waals surface area contributed by atoms with Crippen LogP contribution >= 0.6 is 0 Å². The fourth-order valence-corrected chi connectivity index (χ4v) is 5.67. The van der Waals surface area contributed by atoms with Crippen molar-refractivity contribution < 1.29 is 29.7 Å². The topological polar surface area (TPSA) is 144 Å². The molecule has 4 rings (SSSR count). The van der Waals surface area contributed by atoms with Gasteiger partial charge in [0, 0.05) is 25.4 Å². The fourth-order valence-electron chi connectivity index (χ4n) is 5.67. The summed E-state index contributed by atoms with van der Waals surface area (Å²) in [5, 5.41) is 32.4. The summed E-state index contributed by atoms with van der Waals surface area (Å²) >= 11 is 0. The minimum atomic E-state index is -1.17. The predicted molar refractivity (Wildman–Crippen MR) is 117 cm³/mol. The number of aliphatic hydroxyl groups is 2. The molecule has 9 nitrogen and oxygen atoms in total. The number of Topliss-reactive ketones (excluding diaryl/α,β-unsaturated/α-hetero) is 2. The highest BCUT2D eigenvalue weighted by atomic mass is 16.3. The number of benzene rings is 1. The number of nitrogens with two attached hydrogens (primary N) is 1. The number of hydrogen-bond donors (Lipinski definition) is 4. The number of hydrogen-bond acceptors (Lipinski definition) is 8. The number of carbonyl (C=O) groups is 3. The SMILES string of the molecule is CN(C)c1ccc(O)c2c1C[C@H]1C[C@@H]3[C@@H](C(=O)C(C(N)=O)=C(O)[C@H]3N(C)C)C(O)=C1C2=O. The Morgan fingerprint density at radius 3 is 2.28 bits per heavy atom. The van der Waals surface area contributed by atoms with Crippen LogP contribution in [0.2, 0.25) is 0 Å². The average Bonchev–Trinajstić information content (AvgIpc) is 2.66. The second kappa shape index (κ2) is 7.37. The summed E-state index contributed by atoms with van der Waals surface area (Å²) in [7, 11) is 7.08. The Balaban J connectivity index is 1.92. The van der Waals surface area contributed by atoms with E-state index in [0.29, 0.717) is 18.4 Å². The van der Waals surface area contributed by atoms with Gasteiger partial charge in [-0.3, -0.25) is 19.3 Å². The zero-order valence-corrected chi connectivity index (χ0v) is 18.4. The number of aromatic hydroxyl groups is 1. The molecule has 0 unspecified atom stereocenters. The van der Waals surface area contributed by atoms with E-state index in [1.165, 1.54) is 6.07 Å². The van der Waals surface area contributed by atoms with E-state index in [1.54, 1.807) is 25.1 Å².